The lowest BCUT2D eigenvalue weighted by Gasteiger charge is -2.11. The third kappa shape index (κ3) is 11.9. The van der Waals surface area contributed by atoms with E-state index in [0.717, 1.165) is 25.3 Å². The van der Waals surface area contributed by atoms with E-state index in [9.17, 15) is 0 Å². The zero-order valence-electron chi connectivity index (χ0n) is 16.3. The molecule has 0 aromatic heterocycles. The molecule has 3 N–H and O–H groups in total. The van der Waals surface area contributed by atoms with Crippen LogP contribution in [0.25, 0.3) is 0 Å². The van der Waals surface area contributed by atoms with Crippen LogP contribution in [0.15, 0.2) is 4.99 Å². The van der Waals surface area contributed by atoms with Crippen LogP contribution in [0.1, 0.15) is 110 Å². The van der Waals surface area contributed by atoms with E-state index in [1.165, 1.54) is 96.3 Å². The topological polar surface area (TPSA) is 50.4 Å². The Kier molecular flexibility index (Phi) is 14.3. The highest BCUT2D eigenvalue weighted by Gasteiger charge is 2.13. The first-order valence-corrected chi connectivity index (χ1v) is 10.9. The minimum atomic E-state index is 0.148. The van der Waals surface area contributed by atoms with E-state index in [1.807, 2.05) is 0 Å². The summed E-state index contributed by atoms with van der Waals surface area (Å²) in [6.07, 6.45) is 22.3. The summed E-state index contributed by atoms with van der Waals surface area (Å²) in [5.74, 6) is 1.04. The third-order valence-corrected chi connectivity index (χ3v) is 5.17. The largest absolute Gasteiger partial charge is 0.371 e. The first-order valence-electron chi connectivity index (χ1n) is 10.9. The standard InChI is InChI=1S/C21H43N3/c1-2-3-4-5-6-7-8-9-10-11-12-13-14-15-16-17-20(22)21-23-18-19-24-21/h20H,2-19,22H2,1H3,(H,23,24). The van der Waals surface area contributed by atoms with E-state index in [-0.39, 0.29) is 6.04 Å². The summed E-state index contributed by atoms with van der Waals surface area (Å²) in [5, 5.41) is 3.28. The van der Waals surface area contributed by atoms with Gasteiger partial charge in [0.15, 0.2) is 0 Å². The molecule has 0 aromatic carbocycles. The summed E-state index contributed by atoms with van der Waals surface area (Å²) in [6.45, 7) is 4.17. The summed E-state index contributed by atoms with van der Waals surface area (Å²) in [5.41, 5.74) is 6.14. The number of nitrogens with one attached hydrogen (secondary N) is 1. The molecule has 1 aliphatic heterocycles. The zero-order valence-corrected chi connectivity index (χ0v) is 16.3. The fourth-order valence-electron chi connectivity index (χ4n) is 3.54. The highest BCUT2D eigenvalue weighted by molar-refractivity contribution is 5.88. The number of nitrogens with two attached hydrogens (primary N) is 1. The molecular weight excluding hydrogens is 294 g/mol. The van der Waals surface area contributed by atoms with Crippen molar-refractivity contribution in [2.24, 2.45) is 10.7 Å². The van der Waals surface area contributed by atoms with Gasteiger partial charge in [-0.3, -0.25) is 4.99 Å². The Morgan fingerprint density at radius 1 is 0.792 bits per heavy atom. The van der Waals surface area contributed by atoms with E-state index >= 15 is 0 Å². The second-order valence-corrected chi connectivity index (χ2v) is 7.54. The highest BCUT2D eigenvalue weighted by atomic mass is 15.1. The molecule has 0 spiro atoms. The van der Waals surface area contributed by atoms with Gasteiger partial charge >= 0.3 is 0 Å². The van der Waals surface area contributed by atoms with Crippen molar-refractivity contribution >= 4 is 5.84 Å². The summed E-state index contributed by atoms with van der Waals surface area (Å²) >= 11 is 0. The van der Waals surface area contributed by atoms with Gasteiger partial charge in [0.1, 0.15) is 5.84 Å². The molecule has 1 atom stereocenters. The molecule has 0 bridgehead atoms. The van der Waals surface area contributed by atoms with Crippen LogP contribution in [0.4, 0.5) is 0 Å². The predicted octanol–water partition coefficient (Wildman–Crippen LogP) is 5.58. The minimum absolute atomic E-state index is 0.148. The van der Waals surface area contributed by atoms with Crippen LogP contribution in [0.2, 0.25) is 0 Å². The molecule has 0 aliphatic carbocycles. The number of hydrogen-bond donors (Lipinski definition) is 2. The summed E-state index contributed by atoms with van der Waals surface area (Å²) in [4.78, 5) is 4.40. The quantitative estimate of drug-likeness (QED) is 0.341. The number of rotatable bonds is 17. The van der Waals surface area contributed by atoms with Crippen molar-refractivity contribution in [1.29, 1.82) is 0 Å². The molecule has 0 saturated heterocycles. The van der Waals surface area contributed by atoms with E-state index in [2.05, 4.69) is 17.2 Å². The van der Waals surface area contributed by atoms with Gasteiger partial charge in [-0.05, 0) is 6.42 Å². The van der Waals surface area contributed by atoms with E-state index in [1.54, 1.807) is 0 Å². The van der Waals surface area contributed by atoms with Crippen LogP contribution in [0, 0.1) is 0 Å². The van der Waals surface area contributed by atoms with Gasteiger partial charge in [-0.25, -0.2) is 0 Å². The van der Waals surface area contributed by atoms with Gasteiger partial charge in [0, 0.05) is 6.54 Å². The molecule has 0 saturated carbocycles. The van der Waals surface area contributed by atoms with Gasteiger partial charge < -0.3 is 11.1 Å². The Hall–Kier alpha value is -0.570. The second kappa shape index (κ2) is 15.9. The SMILES string of the molecule is CCCCCCCCCCCCCCCCCC(N)C1=NCCN1. The average Bonchev–Trinajstić information content (AvgIpc) is 3.13. The van der Waals surface area contributed by atoms with Crippen molar-refractivity contribution in [3.63, 3.8) is 0 Å². The molecule has 3 nitrogen and oxygen atoms in total. The van der Waals surface area contributed by atoms with Crippen molar-refractivity contribution in [3.05, 3.63) is 0 Å². The van der Waals surface area contributed by atoms with Crippen molar-refractivity contribution < 1.29 is 0 Å². The Bertz CT molecular complexity index is 301. The minimum Gasteiger partial charge on any atom is -0.371 e. The van der Waals surface area contributed by atoms with E-state index < -0.39 is 0 Å². The van der Waals surface area contributed by atoms with Crippen LogP contribution >= 0.6 is 0 Å². The normalized spacial score (nSPS) is 15.3. The predicted molar refractivity (Wildman–Crippen MR) is 108 cm³/mol. The van der Waals surface area contributed by atoms with Crippen LogP contribution in [-0.4, -0.2) is 25.0 Å². The van der Waals surface area contributed by atoms with Gasteiger partial charge in [0.2, 0.25) is 0 Å². The summed E-state index contributed by atoms with van der Waals surface area (Å²) in [7, 11) is 0. The molecule has 0 fully saturated rings. The van der Waals surface area contributed by atoms with Crippen LogP contribution in [-0.2, 0) is 0 Å². The molecular formula is C21H43N3. The number of nitrogens with zero attached hydrogens (tertiary/aromatic N) is 1. The van der Waals surface area contributed by atoms with Crippen molar-refractivity contribution in [2.45, 2.75) is 116 Å². The molecule has 24 heavy (non-hydrogen) atoms. The molecule has 1 unspecified atom stereocenters. The van der Waals surface area contributed by atoms with Crippen LogP contribution < -0.4 is 11.1 Å². The number of hydrogen-bond acceptors (Lipinski definition) is 3. The first kappa shape index (κ1) is 21.5. The lowest BCUT2D eigenvalue weighted by atomic mass is 10.0. The van der Waals surface area contributed by atoms with Gasteiger partial charge in [-0.15, -0.1) is 0 Å². The lowest BCUT2D eigenvalue weighted by molar-refractivity contribution is 0.527. The molecule has 3 heteroatoms. The highest BCUT2D eigenvalue weighted by Crippen LogP contribution is 2.14. The Labute approximate surface area is 151 Å². The van der Waals surface area contributed by atoms with Gasteiger partial charge in [0.05, 0.1) is 12.6 Å². The summed E-state index contributed by atoms with van der Waals surface area (Å²) in [6, 6.07) is 0.148. The van der Waals surface area contributed by atoms with Crippen LogP contribution in [0.3, 0.4) is 0 Å². The number of amidine groups is 1. The molecule has 1 aliphatic rings. The molecule has 0 amide bonds. The molecule has 0 radical (unpaired) electrons. The molecule has 1 heterocycles. The lowest BCUT2D eigenvalue weighted by Crippen LogP contribution is -2.37. The van der Waals surface area contributed by atoms with Gasteiger partial charge in [-0.2, -0.15) is 0 Å². The Balaban J connectivity index is 1.72. The maximum Gasteiger partial charge on any atom is 0.113 e. The number of aliphatic imine (C=N–C) groups is 1. The smallest absolute Gasteiger partial charge is 0.113 e. The van der Waals surface area contributed by atoms with Crippen molar-refractivity contribution in [3.8, 4) is 0 Å². The summed E-state index contributed by atoms with van der Waals surface area (Å²) < 4.78 is 0. The Morgan fingerprint density at radius 3 is 1.67 bits per heavy atom. The molecule has 1 rings (SSSR count). The number of unbranched alkanes of at least 4 members (excludes halogenated alkanes) is 14. The second-order valence-electron chi connectivity index (χ2n) is 7.54. The van der Waals surface area contributed by atoms with Crippen molar-refractivity contribution in [2.75, 3.05) is 13.1 Å². The average molecular weight is 338 g/mol. The third-order valence-electron chi connectivity index (χ3n) is 5.17. The van der Waals surface area contributed by atoms with Crippen LogP contribution in [0.5, 0.6) is 0 Å². The monoisotopic (exact) mass is 337 g/mol. The van der Waals surface area contributed by atoms with E-state index in [0.29, 0.717) is 0 Å². The zero-order chi connectivity index (χ0) is 17.3. The maximum atomic E-state index is 6.14. The molecule has 0 aromatic rings. The first-order chi connectivity index (χ1) is 11.8. The van der Waals surface area contributed by atoms with E-state index in [4.69, 9.17) is 5.73 Å². The maximum absolute atomic E-state index is 6.14. The fourth-order valence-corrected chi connectivity index (χ4v) is 3.54. The van der Waals surface area contributed by atoms with Gasteiger partial charge in [-0.1, -0.05) is 103 Å². The molecule has 142 valence electrons. The van der Waals surface area contributed by atoms with Gasteiger partial charge in [0.25, 0.3) is 0 Å². The van der Waals surface area contributed by atoms with Crippen molar-refractivity contribution in [1.82, 2.24) is 5.32 Å². The Morgan fingerprint density at radius 2 is 1.25 bits per heavy atom. The fraction of sp³-hybridized carbons (Fsp3) is 0.952.